The van der Waals surface area contributed by atoms with Crippen LogP contribution in [-0.4, -0.2) is 32.6 Å². The molecule has 7 nitrogen and oxygen atoms in total. The molecule has 1 saturated carbocycles. The molecule has 1 aliphatic rings. The van der Waals surface area contributed by atoms with Crippen LogP contribution >= 0.6 is 0 Å². The van der Waals surface area contributed by atoms with Crippen LogP contribution in [-0.2, 0) is 10.0 Å². The summed E-state index contributed by atoms with van der Waals surface area (Å²) < 4.78 is 32.0. The summed E-state index contributed by atoms with van der Waals surface area (Å²) in [6.45, 7) is 0. The van der Waals surface area contributed by atoms with Crippen molar-refractivity contribution in [1.29, 1.82) is 0 Å². The molecule has 0 bridgehead atoms. The highest BCUT2D eigenvalue weighted by Gasteiger charge is 2.37. The first-order valence-corrected chi connectivity index (χ1v) is 7.60. The normalized spacial score (nSPS) is 17.8. The Morgan fingerprint density at radius 3 is 2.50 bits per heavy atom. The second-order valence-corrected chi connectivity index (χ2v) is 6.35. The molecule has 0 saturated heterocycles. The van der Waals surface area contributed by atoms with E-state index in [1.807, 2.05) is 0 Å². The van der Waals surface area contributed by atoms with Crippen molar-refractivity contribution in [2.75, 3.05) is 7.11 Å². The van der Waals surface area contributed by atoms with Gasteiger partial charge in [-0.05, 0) is 43.0 Å². The predicted molar refractivity (Wildman–Crippen MR) is 73.2 cm³/mol. The average Bonchev–Trinajstić information content (AvgIpc) is 3.28. The first-order valence-electron chi connectivity index (χ1n) is 6.11. The minimum absolute atomic E-state index is 0.0823. The number of ether oxygens (including phenoxy) is 1. The van der Waals surface area contributed by atoms with E-state index in [9.17, 15) is 8.42 Å². The molecule has 2 rings (SSSR count). The zero-order valence-corrected chi connectivity index (χ0v) is 11.8. The number of hydrogen-bond acceptors (Lipinski definition) is 5. The zero-order valence-electron chi connectivity index (χ0n) is 11.0. The first kappa shape index (κ1) is 14.6. The van der Waals surface area contributed by atoms with E-state index in [-0.39, 0.29) is 16.6 Å². The predicted octanol–water partition coefficient (Wildman–Crippen LogP) is 0.498. The van der Waals surface area contributed by atoms with Crippen molar-refractivity contribution in [3.05, 3.63) is 24.3 Å². The van der Waals surface area contributed by atoms with Crippen LogP contribution < -0.4 is 15.2 Å². The molecule has 4 N–H and O–H groups in total. The van der Waals surface area contributed by atoms with Gasteiger partial charge < -0.3 is 15.7 Å². The number of benzene rings is 1. The van der Waals surface area contributed by atoms with Gasteiger partial charge in [-0.2, -0.15) is 0 Å². The fraction of sp³-hybridized carbons (Fsp3) is 0.417. The lowest BCUT2D eigenvalue weighted by Gasteiger charge is -2.16. The number of methoxy groups -OCH3 is 1. The van der Waals surface area contributed by atoms with Crippen molar-refractivity contribution in [1.82, 2.24) is 4.72 Å². The molecule has 1 unspecified atom stereocenters. The third-order valence-corrected chi connectivity index (χ3v) is 4.64. The minimum Gasteiger partial charge on any atom is -0.497 e. The fourth-order valence-electron chi connectivity index (χ4n) is 1.88. The number of hydrogen-bond donors (Lipinski definition) is 3. The Kier molecular flexibility index (Phi) is 4.15. The van der Waals surface area contributed by atoms with Crippen LogP contribution in [0.15, 0.2) is 34.3 Å². The zero-order chi connectivity index (χ0) is 14.8. The van der Waals surface area contributed by atoms with Gasteiger partial charge >= 0.3 is 0 Å². The molecule has 0 radical (unpaired) electrons. The molecular weight excluding hydrogens is 282 g/mol. The monoisotopic (exact) mass is 299 g/mol. The molecule has 1 aromatic carbocycles. The minimum atomic E-state index is -3.72. The average molecular weight is 299 g/mol. The van der Waals surface area contributed by atoms with Crippen molar-refractivity contribution in [2.24, 2.45) is 16.8 Å². The van der Waals surface area contributed by atoms with Crippen LogP contribution in [0.3, 0.4) is 0 Å². The Morgan fingerprint density at radius 2 is 2.05 bits per heavy atom. The molecule has 0 amide bonds. The molecule has 1 aliphatic carbocycles. The van der Waals surface area contributed by atoms with Gasteiger partial charge in [0.05, 0.1) is 18.0 Å². The smallest absolute Gasteiger partial charge is 0.241 e. The van der Waals surface area contributed by atoms with E-state index in [4.69, 9.17) is 15.7 Å². The van der Waals surface area contributed by atoms with Crippen LogP contribution in [0.25, 0.3) is 0 Å². The molecule has 1 fully saturated rings. The summed E-state index contributed by atoms with van der Waals surface area (Å²) in [5.41, 5.74) is 5.54. The molecular formula is C12H17N3O4S. The van der Waals surface area contributed by atoms with Crippen molar-refractivity contribution < 1.29 is 18.4 Å². The Labute approximate surface area is 117 Å². The molecule has 110 valence electrons. The van der Waals surface area contributed by atoms with Gasteiger partial charge in [-0.15, -0.1) is 0 Å². The van der Waals surface area contributed by atoms with E-state index < -0.39 is 16.1 Å². The van der Waals surface area contributed by atoms with Crippen LogP contribution in [0.1, 0.15) is 12.8 Å². The number of amidine groups is 1. The van der Waals surface area contributed by atoms with Gasteiger partial charge in [-0.1, -0.05) is 5.16 Å². The Bertz CT molecular complexity index is 594. The maximum Gasteiger partial charge on any atom is 0.241 e. The summed E-state index contributed by atoms with van der Waals surface area (Å²) in [6.07, 6.45) is 1.71. The van der Waals surface area contributed by atoms with Gasteiger partial charge in [0, 0.05) is 0 Å². The number of oxime groups is 1. The lowest BCUT2D eigenvalue weighted by molar-refractivity contribution is 0.314. The van der Waals surface area contributed by atoms with Crippen molar-refractivity contribution in [2.45, 2.75) is 23.8 Å². The molecule has 8 heteroatoms. The van der Waals surface area contributed by atoms with Crippen molar-refractivity contribution in [3.8, 4) is 5.75 Å². The lowest BCUT2D eigenvalue weighted by Crippen LogP contribution is -2.46. The van der Waals surface area contributed by atoms with Gasteiger partial charge in [0.1, 0.15) is 5.75 Å². The van der Waals surface area contributed by atoms with Crippen LogP contribution in [0.2, 0.25) is 0 Å². The quantitative estimate of drug-likeness (QED) is 0.306. The maximum atomic E-state index is 12.3. The van der Waals surface area contributed by atoms with E-state index in [1.54, 1.807) is 12.1 Å². The van der Waals surface area contributed by atoms with E-state index in [0.717, 1.165) is 12.8 Å². The van der Waals surface area contributed by atoms with Crippen LogP contribution in [0.4, 0.5) is 0 Å². The summed E-state index contributed by atoms with van der Waals surface area (Å²) in [7, 11) is -2.22. The summed E-state index contributed by atoms with van der Waals surface area (Å²) in [5, 5.41) is 11.6. The number of sulfonamides is 1. The van der Waals surface area contributed by atoms with Gasteiger partial charge in [-0.25, -0.2) is 13.1 Å². The third-order valence-electron chi connectivity index (χ3n) is 3.18. The summed E-state index contributed by atoms with van der Waals surface area (Å²) >= 11 is 0. The highest BCUT2D eigenvalue weighted by Crippen LogP contribution is 2.33. The lowest BCUT2D eigenvalue weighted by atomic mass is 10.2. The number of nitrogens with zero attached hydrogens (tertiary/aromatic N) is 1. The largest absolute Gasteiger partial charge is 0.497 e. The number of rotatable bonds is 6. The molecule has 0 heterocycles. The molecule has 1 aromatic rings. The molecule has 20 heavy (non-hydrogen) atoms. The molecule has 0 spiro atoms. The van der Waals surface area contributed by atoms with E-state index in [0.29, 0.717) is 5.75 Å². The van der Waals surface area contributed by atoms with Crippen molar-refractivity contribution >= 4 is 15.9 Å². The van der Waals surface area contributed by atoms with Crippen molar-refractivity contribution in [3.63, 3.8) is 0 Å². The van der Waals surface area contributed by atoms with E-state index in [1.165, 1.54) is 19.2 Å². The third kappa shape index (κ3) is 3.20. The Hall–Kier alpha value is -1.80. The topological polar surface area (TPSA) is 114 Å². The second-order valence-electron chi connectivity index (χ2n) is 4.64. The summed E-state index contributed by atoms with van der Waals surface area (Å²) in [5.74, 6) is 0.530. The number of nitrogens with two attached hydrogens (primary N) is 1. The first-order chi connectivity index (χ1) is 9.47. The van der Waals surface area contributed by atoms with Crippen LogP contribution in [0.5, 0.6) is 5.75 Å². The standard InChI is InChI=1S/C12H17N3O4S/c1-19-9-4-6-10(7-5-9)20(17,18)15-11(8-2-3-8)12(13)14-16/h4-8,11,15-16H,2-3H2,1H3,(H2,13,14). The van der Waals surface area contributed by atoms with E-state index in [2.05, 4.69) is 9.88 Å². The van der Waals surface area contributed by atoms with Gasteiger partial charge in [-0.3, -0.25) is 0 Å². The maximum absolute atomic E-state index is 12.3. The van der Waals surface area contributed by atoms with E-state index >= 15 is 0 Å². The SMILES string of the molecule is COc1ccc(S(=O)(=O)NC(C(N)=NO)C2CC2)cc1. The van der Waals surface area contributed by atoms with Gasteiger partial charge in [0.25, 0.3) is 0 Å². The molecule has 1 atom stereocenters. The highest BCUT2D eigenvalue weighted by molar-refractivity contribution is 7.89. The summed E-state index contributed by atoms with van der Waals surface area (Å²) in [4.78, 5) is 0.106. The Balaban J connectivity index is 2.20. The highest BCUT2D eigenvalue weighted by atomic mass is 32.2. The number of nitrogens with one attached hydrogen (secondary N) is 1. The molecule has 0 aliphatic heterocycles. The Morgan fingerprint density at radius 1 is 1.45 bits per heavy atom. The molecule has 0 aromatic heterocycles. The fourth-order valence-corrected chi connectivity index (χ4v) is 3.16. The second kappa shape index (κ2) is 5.68. The van der Waals surface area contributed by atoms with Gasteiger partial charge in [0.15, 0.2) is 5.84 Å². The summed E-state index contributed by atoms with van der Waals surface area (Å²) in [6, 6.07) is 5.33. The van der Waals surface area contributed by atoms with Gasteiger partial charge in [0.2, 0.25) is 10.0 Å². The van der Waals surface area contributed by atoms with Crippen LogP contribution in [0, 0.1) is 5.92 Å².